The van der Waals surface area contributed by atoms with Gasteiger partial charge in [0, 0.05) is 30.8 Å². The van der Waals surface area contributed by atoms with Gasteiger partial charge in [-0.05, 0) is 13.1 Å². The van der Waals surface area contributed by atoms with Crippen LogP contribution in [0.15, 0.2) is 18.2 Å². The molecule has 0 saturated heterocycles. The predicted octanol–water partition coefficient (Wildman–Crippen LogP) is 1.51. The number of rotatable bonds is 7. The van der Waals surface area contributed by atoms with Gasteiger partial charge in [-0.2, -0.15) is 0 Å². The Morgan fingerprint density at radius 3 is 2.74 bits per heavy atom. The van der Waals surface area contributed by atoms with E-state index < -0.39 is 10.9 Å². The number of hydrogen-bond donors (Lipinski definition) is 1. The summed E-state index contributed by atoms with van der Waals surface area (Å²) < 4.78 is 5.14. The molecule has 7 nitrogen and oxygen atoms in total. The number of non-ortho nitro benzene ring substituents is 1. The third kappa shape index (κ3) is 4.55. The number of ether oxygens (including phenoxy) is 1. The first-order chi connectivity index (χ1) is 8.93. The second kappa shape index (κ2) is 6.69. The molecule has 1 aromatic rings. The number of carboxylic acids is 1. The minimum Gasteiger partial charge on any atom is -0.496 e. The number of nitrogens with zero attached hydrogens (tertiary/aromatic N) is 2. The van der Waals surface area contributed by atoms with E-state index in [0.717, 1.165) is 0 Å². The Labute approximate surface area is 110 Å². The first-order valence-electron chi connectivity index (χ1n) is 5.65. The fraction of sp³-hybridized carbons (Fsp3) is 0.417. The summed E-state index contributed by atoms with van der Waals surface area (Å²) in [5, 5.41) is 19.3. The molecule has 1 aromatic carbocycles. The Balaban J connectivity index is 2.82. The monoisotopic (exact) mass is 268 g/mol. The molecule has 1 N–H and O–H groups in total. The Morgan fingerprint density at radius 1 is 1.53 bits per heavy atom. The standard InChI is InChI=1S/C12H16N2O5/c1-13(6-5-12(15)16)8-9-7-10(14(17)18)3-4-11(9)19-2/h3-4,7H,5-6,8H2,1-2H3,(H,15,16). The fourth-order valence-corrected chi connectivity index (χ4v) is 1.66. The van der Waals surface area contributed by atoms with Gasteiger partial charge in [0.1, 0.15) is 5.75 Å². The summed E-state index contributed by atoms with van der Waals surface area (Å²) in [6, 6.07) is 4.36. The molecule has 0 unspecified atom stereocenters. The van der Waals surface area contributed by atoms with E-state index in [1.807, 2.05) is 0 Å². The van der Waals surface area contributed by atoms with E-state index >= 15 is 0 Å². The van der Waals surface area contributed by atoms with Gasteiger partial charge >= 0.3 is 5.97 Å². The van der Waals surface area contributed by atoms with Crippen molar-refractivity contribution in [1.82, 2.24) is 4.90 Å². The molecular formula is C12H16N2O5. The van der Waals surface area contributed by atoms with Crippen LogP contribution in [0.3, 0.4) is 0 Å². The Bertz CT molecular complexity index is 475. The van der Waals surface area contributed by atoms with Gasteiger partial charge < -0.3 is 14.7 Å². The van der Waals surface area contributed by atoms with Crippen LogP contribution >= 0.6 is 0 Å². The topological polar surface area (TPSA) is 92.9 Å². The predicted molar refractivity (Wildman–Crippen MR) is 68.2 cm³/mol. The molecule has 0 aliphatic carbocycles. The Kier molecular flexibility index (Phi) is 5.25. The van der Waals surface area contributed by atoms with Crippen LogP contribution in [0.2, 0.25) is 0 Å². The second-order valence-corrected chi connectivity index (χ2v) is 4.13. The summed E-state index contributed by atoms with van der Waals surface area (Å²) in [6.07, 6.45) is 0.0216. The Hall–Kier alpha value is -2.15. The molecule has 0 fully saturated rings. The summed E-state index contributed by atoms with van der Waals surface area (Å²) in [6.45, 7) is 0.749. The number of carbonyl (C=O) groups is 1. The molecule has 0 radical (unpaired) electrons. The maximum Gasteiger partial charge on any atom is 0.304 e. The number of nitro benzene ring substituents is 1. The molecule has 104 valence electrons. The van der Waals surface area contributed by atoms with Gasteiger partial charge in [-0.25, -0.2) is 0 Å². The zero-order valence-electron chi connectivity index (χ0n) is 10.8. The van der Waals surface area contributed by atoms with Crippen LogP contribution in [0, 0.1) is 10.1 Å². The van der Waals surface area contributed by atoms with Crippen LogP contribution in [-0.4, -0.2) is 41.6 Å². The second-order valence-electron chi connectivity index (χ2n) is 4.13. The highest BCUT2D eigenvalue weighted by Gasteiger charge is 2.13. The number of hydrogen-bond acceptors (Lipinski definition) is 5. The third-order valence-corrected chi connectivity index (χ3v) is 2.62. The number of aliphatic carboxylic acids is 1. The van der Waals surface area contributed by atoms with Gasteiger partial charge in [0.25, 0.3) is 5.69 Å². The van der Waals surface area contributed by atoms with Gasteiger partial charge in [0.05, 0.1) is 18.5 Å². The van der Waals surface area contributed by atoms with E-state index in [1.165, 1.54) is 19.2 Å². The van der Waals surface area contributed by atoms with Crippen LogP contribution in [0.4, 0.5) is 5.69 Å². The van der Waals surface area contributed by atoms with Gasteiger partial charge in [0.15, 0.2) is 0 Å². The lowest BCUT2D eigenvalue weighted by Gasteiger charge is -2.17. The van der Waals surface area contributed by atoms with Gasteiger partial charge in [0.2, 0.25) is 0 Å². The fourth-order valence-electron chi connectivity index (χ4n) is 1.66. The van der Waals surface area contributed by atoms with Crippen molar-refractivity contribution < 1.29 is 19.6 Å². The van der Waals surface area contributed by atoms with Crippen LogP contribution in [0.1, 0.15) is 12.0 Å². The zero-order valence-corrected chi connectivity index (χ0v) is 10.8. The SMILES string of the molecule is COc1ccc([N+](=O)[O-])cc1CN(C)CCC(=O)O. The van der Waals surface area contributed by atoms with Crippen molar-refractivity contribution in [1.29, 1.82) is 0 Å². The molecule has 7 heteroatoms. The van der Waals surface area contributed by atoms with Gasteiger partial charge in [-0.1, -0.05) is 0 Å². The highest BCUT2D eigenvalue weighted by molar-refractivity contribution is 5.66. The molecule has 0 spiro atoms. The minimum absolute atomic E-state index is 0.0116. The molecule has 0 atom stereocenters. The first kappa shape index (κ1) is 14.9. The zero-order chi connectivity index (χ0) is 14.4. The number of benzene rings is 1. The molecule has 1 rings (SSSR count). The highest BCUT2D eigenvalue weighted by Crippen LogP contribution is 2.24. The number of methoxy groups -OCH3 is 1. The lowest BCUT2D eigenvalue weighted by molar-refractivity contribution is -0.384. The van der Waals surface area contributed by atoms with Crippen molar-refractivity contribution in [2.45, 2.75) is 13.0 Å². The molecule has 0 aliphatic heterocycles. The largest absolute Gasteiger partial charge is 0.496 e. The van der Waals surface area contributed by atoms with Crippen molar-refractivity contribution in [2.24, 2.45) is 0 Å². The van der Waals surface area contributed by atoms with E-state index in [4.69, 9.17) is 9.84 Å². The average Bonchev–Trinajstić information content (AvgIpc) is 2.36. The normalized spacial score (nSPS) is 10.5. The molecule has 19 heavy (non-hydrogen) atoms. The molecule has 0 saturated carbocycles. The molecule has 0 aliphatic rings. The summed E-state index contributed by atoms with van der Waals surface area (Å²) in [5.74, 6) is -0.328. The molecule has 0 bridgehead atoms. The van der Waals surface area contributed by atoms with Gasteiger partial charge in [-0.3, -0.25) is 14.9 Å². The lowest BCUT2D eigenvalue weighted by Crippen LogP contribution is -2.21. The molecular weight excluding hydrogens is 252 g/mol. The van der Waals surface area contributed by atoms with E-state index in [-0.39, 0.29) is 12.1 Å². The van der Waals surface area contributed by atoms with E-state index in [2.05, 4.69) is 0 Å². The van der Waals surface area contributed by atoms with E-state index in [9.17, 15) is 14.9 Å². The molecule has 0 amide bonds. The van der Waals surface area contributed by atoms with E-state index in [0.29, 0.717) is 24.4 Å². The molecule has 0 aromatic heterocycles. The van der Waals surface area contributed by atoms with Crippen molar-refractivity contribution in [3.8, 4) is 5.75 Å². The van der Waals surface area contributed by atoms with Gasteiger partial charge in [-0.15, -0.1) is 0 Å². The number of carboxylic acid groups (broad SMARTS) is 1. The van der Waals surface area contributed by atoms with Crippen LogP contribution < -0.4 is 4.74 Å². The highest BCUT2D eigenvalue weighted by atomic mass is 16.6. The summed E-state index contributed by atoms with van der Waals surface area (Å²) in [5.41, 5.74) is 0.645. The van der Waals surface area contributed by atoms with Crippen LogP contribution in [-0.2, 0) is 11.3 Å². The van der Waals surface area contributed by atoms with Crippen molar-refractivity contribution in [3.05, 3.63) is 33.9 Å². The third-order valence-electron chi connectivity index (χ3n) is 2.62. The molecule has 0 heterocycles. The smallest absolute Gasteiger partial charge is 0.304 e. The number of nitro groups is 1. The summed E-state index contributed by atoms with van der Waals surface area (Å²) in [7, 11) is 3.24. The Morgan fingerprint density at radius 2 is 2.21 bits per heavy atom. The van der Waals surface area contributed by atoms with Crippen molar-refractivity contribution in [3.63, 3.8) is 0 Å². The minimum atomic E-state index is -0.877. The van der Waals surface area contributed by atoms with E-state index in [1.54, 1.807) is 18.0 Å². The summed E-state index contributed by atoms with van der Waals surface area (Å²) >= 11 is 0. The maximum atomic E-state index is 10.7. The van der Waals surface area contributed by atoms with Crippen molar-refractivity contribution in [2.75, 3.05) is 20.7 Å². The van der Waals surface area contributed by atoms with Crippen LogP contribution in [0.25, 0.3) is 0 Å². The van der Waals surface area contributed by atoms with Crippen molar-refractivity contribution >= 4 is 11.7 Å². The first-order valence-corrected chi connectivity index (χ1v) is 5.65. The average molecular weight is 268 g/mol. The van der Waals surface area contributed by atoms with Crippen LogP contribution in [0.5, 0.6) is 5.75 Å². The lowest BCUT2D eigenvalue weighted by atomic mass is 10.1. The quantitative estimate of drug-likeness (QED) is 0.595. The summed E-state index contributed by atoms with van der Waals surface area (Å²) in [4.78, 5) is 22.5. The maximum absolute atomic E-state index is 10.7.